The summed E-state index contributed by atoms with van der Waals surface area (Å²) in [5.41, 5.74) is 1.02. The standard InChI is InChI=1S/C16H26N8S.HI/c1-5-13-21-14-7-6-11(9-24(14)22-13)19-15(17-2)18-8-12-10-25-16(20-12)23(3)4;/h10-11H,5-9H2,1-4H3,(H2,17,18,19);1H. The van der Waals surface area contributed by atoms with E-state index in [1.165, 1.54) is 0 Å². The van der Waals surface area contributed by atoms with E-state index in [0.29, 0.717) is 12.6 Å². The highest BCUT2D eigenvalue weighted by Crippen LogP contribution is 2.17. The maximum absolute atomic E-state index is 4.58. The molecule has 0 spiro atoms. The topological polar surface area (TPSA) is 83.3 Å². The summed E-state index contributed by atoms with van der Waals surface area (Å²) >= 11 is 1.65. The lowest BCUT2D eigenvalue weighted by Crippen LogP contribution is -2.46. The molecule has 0 saturated heterocycles. The van der Waals surface area contributed by atoms with Crippen molar-refractivity contribution in [2.24, 2.45) is 4.99 Å². The molecule has 0 aromatic carbocycles. The van der Waals surface area contributed by atoms with Gasteiger partial charge >= 0.3 is 0 Å². The highest BCUT2D eigenvalue weighted by molar-refractivity contribution is 14.0. The first kappa shape index (κ1) is 20.9. The van der Waals surface area contributed by atoms with Crippen LogP contribution >= 0.6 is 35.3 Å². The van der Waals surface area contributed by atoms with Crippen LogP contribution in [0.5, 0.6) is 0 Å². The minimum atomic E-state index is 0. The summed E-state index contributed by atoms with van der Waals surface area (Å²) in [5.74, 6) is 2.82. The Morgan fingerprint density at radius 3 is 2.88 bits per heavy atom. The van der Waals surface area contributed by atoms with Crippen molar-refractivity contribution in [3.63, 3.8) is 0 Å². The minimum absolute atomic E-state index is 0. The van der Waals surface area contributed by atoms with E-state index in [-0.39, 0.29) is 24.0 Å². The van der Waals surface area contributed by atoms with Crippen LogP contribution in [0, 0.1) is 0 Å². The van der Waals surface area contributed by atoms with Crippen LogP contribution < -0.4 is 15.5 Å². The molecule has 0 amide bonds. The summed E-state index contributed by atoms with van der Waals surface area (Å²) in [7, 11) is 5.80. The predicted octanol–water partition coefficient (Wildman–Crippen LogP) is 1.66. The van der Waals surface area contributed by atoms with Gasteiger partial charge in [-0.05, 0) is 6.42 Å². The number of guanidine groups is 1. The van der Waals surface area contributed by atoms with E-state index in [9.17, 15) is 0 Å². The lowest BCUT2D eigenvalue weighted by molar-refractivity contribution is 0.392. The van der Waals surface area contributed by atoms with Gasteiger partial charge in [0.05, 0.1) is 18.8 Å². The number of nitrogens with one attached hydrogen (secondary N) is 2. The average Bonchev–Trinajstić information content (AvgIpc) is 3.24. The van der Waals surface area contributed by atoms with Crippen LogP contribution in [-0.4, -0.2) is 52.9 Å². The lowest BCUT2D eigenvalue weighted by atomic mass is 10.1. The number of rotatable bonds is 5. The van der Waals surface area contributed by atoms with Gasteiger partial charge in [-0.3, -0.25) is 4.99 Å². The maximum atomic E-state index is 4.58. The summed E-state index contributed by atoms with van der Waals surface area (Å²) in [6, 6.07) is 0.304. The fraction of sp³-hybridized carbons (Fsp3) is 0.625. The number of aryl methyl sites for hydroxylation is 2. The van der Waals surface area contributed by atoms with E-state index in [0.717, 1.165) is 54.2 Å². The summed E-state index contributed by atoms with van der Waals surface area (Å²) in [6.45, 7) is 3.57. The molecule has 2 N–H and O–H groups in total. The van der Waals surface area contributed by atoms with E-state index in [1.807, 2.05) is 23.7 Å². The molecular formula is C16H27IN8S. The fourth-order valence-electron chi connectivity index (χ4n) is 2.77. The van der Waals surface area contributed by atoms with Crippen molar-refractivity contribution >= 4 is 46.4 Å². The van der Waals surface area contributed by atoms with Crippen molar-refractivity contribution in [3.8, 4) is 0 Å². The zero-order valence-corrected chi connectivity index (χ0v) is 18.8. The lowest BCUT2D eigenvalue weighted by Gasteiger charge is -2.25. The molecule has 1 aliphatic heterocycles. The second-order valence-corrected chi connectivity index (χ2v) is 7.14. The molecule has 0 aliphatic carbocycles. The Morgan fingerprint density at radius 2 is 2.23 bits per heavy atom. The Hall–Kier alpha value is -1.43. The summed E-state index contributed by atoms with van der Waals surface area (Å²) in [5, 5.41) is 14.5. The van der Waals surface area contributed by atoms with E-state index in [2.05, 4.69) is 43.0 Å². The van der Waals surface area contributed by atoms with Gasteiger partial charge in [-0.2, -0.15) is 5.10 Å². The third-order valence-corrected chi connectivity index (χ3v) is 5.20. The molecule has 144 valence electrons. The highest BCUT2D eigenvalue weighted by Gasteiger charge is 2.22. The largest absolute Gasteiger partial charge is 0.354 e. The number of aliphatic imine (C=N–C) groups is 1. The fourth-order valence-corrected chi connectivity index (χ4v) is 3.53. The first-order chi connectivity index (χ1) is 12.1. The van der Waals surface area contributed by atoms with Gasteiger partial charge in [0, 0.05) is 45.4 Å². The predicted molar refractivity (Wildman–Crippen MR) is 117 cm³/mol. The normalized spacial score (nSPS) is 16.6. The smallest absolute Gasteiger partial charge is 0.191 e. The molecule has 3 heterocycles. The van der Waals surface area contributed by atoms with Gasteiger partial charge in [-0.15, -0.1) is 35.3 Å². The third kappa shape index (κ3) is 5.06. The van der Waals surface area contributed by atoms with Crippen LogP contribution in [0.4, 0.5) is 5.13 Å². The Kier molecular flexibility index (Phi) is 7.62. The number of thiazole rings is 1. The SMILES string of the molecule is CCc1nc2n(n1)CC(NC(=NC)NCc1csc(N(C)C)n1)CC2.I. The van der Waals surface area contributed by atoms with Gasteiger partial charge in [-0.25, -0.2) is 14.6 Å². The number of nitrogens with zero attached hydrogens (tertiary/aromatic N) is 6. The Morgan fingerprint density at radius 1 is 1.42 bits per heavy atom. The second kappa shape index (κ2) is 9.49. The van der Waals surface area contributed by atoms with Crippen molar-refractivity contribution in [2.45, 2.75) is 45.3 Å². The second-order valence-electron chi connectivity index (χ2n) is 6.30. The quantitative estimate of drug-likeness (QED) is 0.377. The molecule has 3 rings (SSSR count). The van der Waals surface area contributed by atoms with Crippen molar-refractivity contribution in [1.82, 2.24) is 30.4 Å². The van der Waals surface area contributed by atoms with Crippen LogP contribution in [0.1, 0.15) is 30.7 Å². The van der Waals surface area contributed by atoms with Crippen molar-refractivity contribution < 1.29 is 0 Å². The molecule has 0 radical (unpaired) electrons. The van der Waals surface area contributed by atoms with Gasteiger partial charge in [0.2, 0.25) is 0 Å². The molecule has 1 aliphatic rings. The Labute approximate surface area is 175 Å². The van der Waals surface area contributed by atoms with Crippen LogP contribution in [-0.2, 0) is 25.9 Å². The summed E-state index contributed by atoms with van der Waals surface area (Å²) in [6.07, 6.45) is 2.86. The van der Waals surface area contributed by atoms with Gasteiger partial charge in [0.25, 0.3) is 0 Å². The third-order valence-electron chi connectivity index (χ3n) is 4.14. The summed E-state index contributed by atoms with van der Waals surface area (Å²) in [4.78, 5) is 15.5. The molecule has 0 fully saturated rings. The first-order valence-corrected chi connectivity index (χ1v) is 9.48. The van der Waals surface area contributed by atoms with Crippen molar-refractivity contribution in [2.75, 3.05) is 26.0 Å². The molecule has 26 heavy (non-hydrogen) atoms. The molecular weight excluding hydrogens is 463 g/mol. The summed E-state index contributed by atoms with van der Waals surface area (Å²) < 4.78 is 2.02. The Balaban J connectivity index is 0.00000243. The molecule has 0 saturated carbocycles. The number of anilines is 1. The number of fused-ring (bicyclic) bond motifs is 1. The van der Waals surface area contributed by atoms with Crippen LogP contribution in [0.25, 0.3) is 0 Å². The molecule has 0 bridgehead atoms. The molecule has 2 aromatic rings. The van der Waals surface area contributed by atoms with E-state index >= 15 is 0 Å². The van der Waals surface area contributed by atoms with Crippen LogP contribution in [0.15, 0.2) is 10.4 Å². The van der Waals surface area contributed by atoms with Gasteiger partial charge in [0.15, 0.2) is 16.9 Å². The molecule has 1 atom stereocenters. The number of hydrogen-bond donors (Lipinski definition) is 2. The first-order valence-electron chi connectivity index (χ1n) is 8.60. The monoisotopic (exact) mass is 490 g/mol. The number of hydrogen-bond acceptors (Lipinski definition) is 6. The number of halogens is 1. The van der Waals surface area contributed by atoms with Gasteiger partial charge < -0.3 is 15.5 Å². The van der Waals surface area contributed by atoms with Crippen LogP contribution in [0.2, 0.25) is 0 Å². The van der Waals surface area contributed by atoms with Gasteiger partial charge in [0.1, 0.15) is 5.82 Å². The van der Waals surface area contributed by atoms with Crippen LogP contribution in [0.3, 0.4) is 0 Å². The van der Waals surface area contributed by atoms with E-state index in [1.54, 1.807) is 18.4 Å². The zero-order valence-electron chi connectivity index (χ0n) is 15.7. The van der Waals surface area contributed by atoms with Crippen molar-refractivity contribution in [1.29, 1.82) is 0 Å². The minimum Gasteiger partial charge on any atom is -0.354 e. The highest BCUT2D eigenvalue weighted by atomic mass is 127. The molecule has 8 nitrogen and oxygen atoms in total. The van der Waals surface area contributed by atoms with E-state index in [4.69, 9.17) is 0 Å². The molecule has 2 aromatic heterocycles. The molecule has 1 unspecified atom stereocenters. The maximum Gasteiger partial charge on any atom is 0.191 e. The van der Waals surface area contributed by atoms with Gasteiger partial charge in [-0.1, -0.05) is 6.92 Å². The zero-order chi connectivity index (χ0) is 17.8. The average molecular weight is 490 g/mol. The van der Waals surface area contributed by atoms with E-state index < -0.39 is 0 Å². The Bertz CT molecular complexity index is 738. The number of aromatic nitrogens is 4. The molecule has 10 heteroatoms. The van der Waals surface area contributed by atoms with Crippen molar-refractivity contribution in [3.05, 3.63) is 22.7 Å².